The van der Waals surface area contributed by atoms with Crippen molar-refractivity contribution in [1.29, 1.82) is 0 Å². The maximum Gasteiger partial charge on any atom is 0.234 e. The molecule has 29 heavy (non-hydrogen) atoms. The molecule has 0 saturated carbocycles. The highest BCUT2D eigenvalue weighted by Crippen LogP contribution is 2.32. The minimum absolute atomic E-state index is 0.114. The molecule has 4 rings (SSSR count). The van der Waals surface area contributed by atoms with E-state index >= 15 is 0 Å². The minimum atomic E-state index is 0.114. The van der Waals surface area contributed by atoms with E-state index in [0.717, 1.165) is 50.6 Å². The number of carbonyl (C=O) groups is 1. The summed E-state index contributed by atoms with van der Waals surface area (Å²) in [5, 5.41) is 3.06. The van der Waals surface area contributed by atoms with Crippen molar-refractivity contribution in [3.63, 3.8) is 0 Å². The Morgan fingerprint density at radius 1 is 1.00 bits per heavy atom. The third-order valence-corrected chi connectivity index (χ3v) is 5.65. The molecule has 0 atom stereocenters. The van der Waals surface area contributed by atoms with E-state index < -0.39 is 0 Å². The summed E-state index contributed by atoms with van der Waals surface area (Å²) in [5.74, 6) is 1.78. The second kappa shape index (κ2) is 9.29. The molecule has 0 aliphatic carbocycles. The molecule has 6 heteroatoms. The van der Waals surface area contributed by atoms with E-state index in [9.17, 15) is 4.79 Å². The number of piperazine rings is 1. The molecule has 0 aromatic heterocycles. The first-order chi connectivity index (χ1) is 14.2. The zero-order valence-electron chi connectivity index (χ0n) is 17.0. The van der Waals surface area contributed by atoms with Crippen molar-refractivity contribution in [3.05, 3.63) is 59.2 Å². The van der Waals surface area contributed by atoms with Crippen molar-refractivity contribution in [2.75, 3.05) is 46.1 Å². The molecule has 2 aliphatic heterocycles. The highest BCUT2D eigenvalue weighted by atomic mass is 16.7. The number of aryl methyl sites for hydroxylation is 1. The number of ether oxygens (including phenoxy) is 2. The lowest BCUT2D eigenvalue weighted by molar-refractivity contribution is -0.122. The molecule has 1 saturated heterocycles. The van der Waals surface area contributed by atoms with Crippen molar-refractivity contribution < 1.29 is 14.3 Å². The van der Waals surface area contributed by atoms with Gasteiger partial charge in [-0.2, -0.15) is 0 Å². The van der Waals surface area contributed by atoms with Crippen LogP contribution in [0.25, 0.3) is 0 Å². The molecule has 0 unspecified atom stereocenters. The summed E-state index contributed by atoms with van der Waals surface area (Å²) < 4.78 is 10.8. The molecule has 2 aromatic carbocycles. The summed E-state index contributed by atoms with van der Waals surface area (Å²) in [4.78, 5) is 16.9. The number of rotatable bonds is 7. The van der Waals surface area contributed by atoms with Gasteiger partial charge in [-0.25, -0.2) is 0 Å². The van der Waals surface area contributed by atoms with Gasteiger partial charge in [-0.3, -0.25) is 14.6 Å². The van der Waals surface area contributed by atoms with Crippen LogP contribution < -0.4 is 14.8 Å². The predicted octanol–water partition coefficient (Wildman–Crippen LogP) is 2.20. The van der Waals surface area contributed by atoms with Gasteiger partial charge in [0, 0.05) is 39.3 Å². The van der Waals surface area contributed by atoms with Crippen LogP contribution >= 0.6 is 0 Å². The summed E-state index contributed by atoms with van der Waals surface area (Å²) in [5.41, 5.74) is 3.81. The van der Waals surface area contributed by atoms with Gasteiger partial charge in [-0.15, -0.1) is 0 Å². The van der Waals surface area contributed by atoms with Crippen LogP contribution in [0.1, 0.15) is 16.7 Å². The SMILES string of the molecule is Cc1ccccc1CCNC(=O)CN1CCN(Cc2ccc3c(c2)OCO3)CC1. The van der Waals surface area contributed by atoms with Gasteiger partial charge in [0.15, 0.2) is 11.5 Å². The van der Waals surface area contributed by atoms with Crippen LogP contribution in [-0.2, 0) is 17.8 Å². The van der Waals surface area contributed by atoms with Crippen molar-refractivity contribution >= 4 is 5.91 Å². The number of nitrogens with zero attached hydrogens (tertiary/aromatic N) is 2. The number of nitrogens with one attached hydrogen (secondary N) is 1. The first kappa shape index (κ1) is 19.7. The van der Waals surface area contributed by atoms with E-state index in [0.29, 0.717) is 19.9 Å². The fraction of sp³-hybridized carbons (Fsp3) is 0.435. The molecule has 2 heterocycles. The summed E-state index contributed by atoms with van der Waals surface area (Å²) in [6, 6.07) is 14.5. The number of hydrogen-bond acceptors (Lipinski definition) is 5. The maximum atomic E-state index is 12.3. The Morgan fingerprint density at radius 2 is 1.76 bits per heavy atom. The molecule has 1 fully saturated rings. The number of amides is 1. The van der Waals surface area contributed by atoms with Crippen molar-refractivity contribution in [2.45, 2.75) is 19.9 Å². The summed E-state index contributed by atoms with van der Waals surface area (Å²) in [6.45, 7) is 8.23. The molecular formula is C23H29N3O3. The molecule has 0 bridgehead atoms. The van der Waals surface area contributed by atoms with E-state index in [1.54, 1.807) is 0 Å². The average Bonchev–Trinajstić information content (AvgIpc) is 3.19. The Kier molecular flexibility index (Phi) is 6.32. The van der Waals surface area contributed by atoms with Crippen molar-refractivity contribution in [1.82, 2.24) is 15.1 Å². The number of carbonyl (C=O) groups excluding carboxylic acids is 1. The Hall–Kier alpha value is -2.57. The molecule has 1 amide bonds. The van der Waals surface area contributed by atoms with Gasteiger partial charge in [0.25, 0.3) is 0 Å². The molecule has 6 nitrogen and oxygen atoms in total. The largest absolute Gasteiger partial charge is 0.454 e. The topological polar surface area (TPSA) is 54.0 Å². The van der Waals surface area contributed by atoms with Gasteiger partial charge < -0.3 is 14.8 Å². The van der Waals surface area contributed by atoms with Gasteiger partial charge in [0.2, 0.25) is 12.7 Å². The second-order valence-corrected chi connectivity index (χ2v) is 7.77. The van der Waals surface area contributed by atoms with Crippen LogP contribution in [0, 0.1) is 6.92 Å². The van der Waals surface area contributed by atoms with Crippen LogP contribution in [0.5, 0.6) is 11.5 Å². The Bertz CT molecular complexity index is 847. The number of hydrogen-bond donors (Lipinski definition) is 1. The molecular weight excluding hydrogens is 366 g/mol. The summed E-state index contributed by atoms with van der Waals surface area (Å²) in [6.07, 6.45) is 0.877. The minimum Gasteiger partial charge on any atom is -0.454 e. The Morgan fingerprint density at radius 3 is 2.59 bits per heavy atom. The van der Waals surface area contributed by atoms with Crippen LogP contribution in [-0.4, -0.2) is 61.8 Å². The lowest BCUT2D eigenvalue weighted by Gasteiger charge is -2.34. The number of fused-ring (bicyclic) bond motifs is 1. The highest BCUT2D eigenvalue weighted by molar-refractivity contribution is 5.78. The first-order valence-corrected chi connectivity index (χ1v) is 10.3. The van der Waals surface area contributed by atoms with E-state index in [4.69, 9.17) is 9.47 Å². The zero-order valence-corrected chi connectivity index (χ0v) is 17.0. The quantitative estimate of drug-likeness (QED) is 0.779. The standard InChI is InChI=1S/C23H29N3O3/c1-18-4-2-3-5-20(18)8-9-24-23(27)16-26-12-10-25(11-13-26)15-19-6-7-21-22(14-19)29-17-28-21/h2-7,14H,8-13,15-17H2,1H3,(H,24,27). The smallest absolute Gasteiger partial charge is 0.234 e. The van der Waals surface area contributed by atoms with Crippen LogP contribution in [0.4, 0.5) is 0 Å². The van der Waals surface area contributed by atoms with Crippen molar-refractivity contribution in [2.24, 2.45) is 0 Å². The average molecular weight is 396 g/mol. The fourth-order valence-electron chi connectivity index (χ4n) is 3.89. The van der Waals surface area contributed by atoms with E-state index in [-0.39, 0.29) is 5.91 Å². The molecule has 0 radical (unpaired) electrons. The summed E-state index contributed by atoms with van der Waals surface area (Å²) >= 11 is 0. The van der Waals surface area contributed by atoms with E-state index in [1.165, 1.54) is 16.7 Å². The van der Waals surface area contributed by atoms with Crippen LogP contribution in [0.3, 0.4) is 0 Å². The lowest BCUT2D eigenvalue weighted by Crippen LogP contribution is -2.49. The lowest BCUT2D eigenvalue weighted by atomic mass is 10.1. The molecule has 154 valence electrons. The van der Waals surface area contributed by atoms with E-state index in [2.05, 4.69) is 46.3 Å². The van der Waals surface area contributed by atoms with Gasteiger partial charge >= 0.3 is 0 Å². The third-order valence-electron chi connectivity index (χ3n) is 5.65. The second-order valence-electron chi connectivity index (χ2n) is 7.77. The number of benzene rings is 2. The van der Waals surface area contributed by atoms with Gasteiger partial charge in [0.1, 0.15) is 0 Å². The molecule has 1 N–H and O–H groups in total. The normalized spacial score (nSPS) is 16.7. The molecule has 0 spiro atoms. The van der Waals surface area contributed by atoms with Crippen LogP contribution in [0.2, 0.25) is 0 Å². The van der Waals surface area contributed by atoms with Gasteiger partial charge in [0.05, 0.1) is 6.54 Å². The van der Waals surface area contributed by atoms with Crippen molar-refractivity contribution in [3.8, 4) is 11.5 Å². The third kappa shape index (κ3) is 5.28. The van der Waals surface area contributed by atoms with Gasteiger partial charge in [-0.1, -0.05) is 30.3 Å². The zero-order chi connectivity index (χ0) is 20.1. The maximum absolute atomic E-state index is 12.3. The fourth-order valence-corrected chi connectivity index (χ4v) is 3.89. The molecule has 2 aromatic rings. The van der Waals surface area contributed by atoms with Gasteiger partial charge in [-0.05, 0) is 42.2 Å². The molecule has 2 aliphatic rings. The summed E-state index contributed by atoms with van der Waals surface area (Å²) in [7, 11) is 0. The highest BCUT2D eigenvalue weighted by Gasteiger charge is 2.20. The predicted molar refractivity (Wildman–Crippen MR) is 112 cm³/mol. The Balaban J connectivity index is 1.16. The first-order valence-electron chi connectivity index (χ1n) is 10.3. The van der Waals surface area contributed by atoms with Crippen LogP contribution in [0.15, 0.2) is 42.5 Å². The van der Waals surface area contributed by atoms with E-state index in [1.807, 2.05) is 18.2 Å². The Labute approximate surface area is 172 Å². The monoisotopic (exact) mass is 395 g/mol.